The number of carbonyl (C=O) groups excluding carboxylic acids is 2. The molecule has 2 amide bonds. The zero-order chi connectivity index (χ0) is 17.9. The van der Waals surface area contributed by atoms with Crippen LogP contribution in [0, 0.1) is 11.7 Å². The van der Waals surface area contributed by atoms with Gasteiger partial charge in [0.05, 0.1) is 12.5 Å². The Morgan fingerprint density at radius 1 is 1.42 bits per heavy atom. The molecule has 1 saturated heterocycles. The Morgan fingerprint density at radius 2 is 2.08 bits per heavy atom. The molecule has 0 unspecified atom stereocenters. The normalized spacial score (nSPS) is 19.5. The Morgan fingerprint density at radius 3 is 2.67 bits per heavy atom. The van der Waals surface area contributed by atoms with Gasteiger partial charge >= 0.3 is 0 Å². The summed E-state index contributed by atoms with van der Waals surface area (Å²) in [6.45, 7) is 4.65. The number of likely N-dealkylation sites (tertiary alicyclic amines) is 1. The molecule has 24 heavy (non-hydrogen) atoms. The SMILES string of the molecule is CN(CCCOc1ccccc1F)C(=O)[C@H]1CC(=O)N(C)C1(C)C. The first kappa shape index (κ1) is 18.2. The number of rotatable bonds is 6. The van der Waals surface area contributed by atoms with Gasteiger partial charge in [-0.15, -0.1) is 0 Å². The van der Waals surface area contributed by atoms with Crippen molar-refractivity contribution in [3.63, 3.8) is 0 Å². The van der Waals surface area contributed by atoms with Crippen LogP contribution in [0.25, 0.3) is 0 Å². The van der Waals surface area contributed by atoms with E-state index in [2.05, 4.69) is 0 Å². The highest BCUT2D eigenvalue weighted by Crippen LogP contribution is 2.35. The molecule has 5 nitrogen and oxygen atoms in total. The smallest absolute Gasteiger partial charge is 0.228 e. The van der Waals surface area contributed by atoms with E-state index < -0.39 is 11.4 Å². The summed E-state index contributed by atoms with van der Waals surface area (Å²) in [7, 11) is 3.46. The fourth-order valence-electron chi connectivity index (χ4n) is 2.93. The van der Waals surface area contributed by atoms with E-state index in [9.17, 15) is 14.0 Å². The van der Waals surface area contributed by atoms with Crippen LogP contribution >= 0.6 is 0 Å². The van der Waals surface area contributed by atoms with Gasteiger partial charge in [0.2, 0.25) is 11.8 Å². The highest BCUT2D eigenvalue weighted by atomic mass is 19.1. The highest BCUT2D eigenvalue weighted by Gasteiger charge is 2.48. The predicted molar refractivity (Wildman–Crippen MR) is 89.1 cm³/mol. The first-order valence-corrected chi connectivity index (χ1v) is 8.14. The van der Waals surface area contributed by atoms with E-state index in [1.54, 1.807) is 42.1 Å². The van der Waals surface area contributed by atoms with Gasteiger partial charge in [0.15, 0.2) is 11.6 Å². The first-order chi connectivity index (χ1) is 11.2. The molecule has 0 aliphatic carbocycles. The summed E-state index contributed by atoms with van der Waals surface area (Å²) in [6, 6.07) is 6.24. The predicted octanol–water partition coefficient (Wildman–Crippen LogP) is 2.31. The molecule has 0 bridgehead atoms. The van der Waals surface area contributed by atoms with E-state index in [0.717, 1.165) is 0 Å². The minimum absolute atomic E-state index is 0.00497. The number of halogens is 1. The second-order valence-electron chi connectivity index (χ2n) is 6.76. The molecule has 1 aromatic carbocycles. The van der Waals surface area contributed by atoms with E-state index in [1.807, 2.05) is 13.8 Å². The lowest BCUT2D eigenvalue weighted by Crippen LogP contribution is -2.47. The van der Waals surface area contributed by atoms with Crippen LogP contribution in [0.15, 0.2) is 24.3 Å². The third-order valence-electron chi connectivity index (χ3n) is 4.88. The van der Waals surface area contributed by atoms with Crippen molar-refractivity contribution in [1.29, 1.82) is 0 Å². The average molecular weight is 336 g/mol. The average Bonchev–Trinajstić information content (AvgIpc) is 2.75. The Balaban J connectivity index is 1.82. The maximum atomic E-state index is 13.4. The van der Waals surface area contributed by atoms with Gasteiger partial charge in [0.25, 0.3) is 0 Å². The molecule has 1 atom stereocenters. The van der Waals surface area contributed by atoms with Crippen molar-refractivity contribution in [2.45, 2.75) is 32.2 Å². The largest absolute Gasteiger partial charge is 0.490 e. The number of amides is 2. The molecule has 1 aliphatic rings. The van der Waals surface area contributed by atoms with E-state index in [1.165, 1.54) is 6.07 Å². The number of nitrogens with zero attached hydrogens (tertiary/aromatic N) is 2. The lowest BCUT2D eigenvalue weighted by molar-refractivity contribution is -0.136. The minimum Gasteiger partial charge on any atom is -0.490 e. The fraction of sp³-hybridized carbons (Fsp3) is 0.556. The van der Waals surface area contributed by atoms with Crippen LogP contribution in [0.4, 0.5) is 4.39 Å². The Kier molecular flexibility index (Phi) is 5.47. The second-order valence-corrected chi connectivity index (χ2v) is 6.76. The molecule has 1 aromatic rings. The zero-order valence-corrected chi connectivity index (χ0v) is 14.7. The van der Waals surface area contributed by atoms with Crippen LogP contribution in [-0.2, 0) is 9.59 Å². The zero-order valence-electron chi connectivity index (χ0n) is 14.7. The maximum Gasteiger partial charge on any atom is 0.228 e. The van der Waals surface area contributed by atoms with Gasteiger partial charge in [-0.25, -0.2) is 4.39 Å². The van der Waals surface area contributed by atoms with Crippen LogP contribution in [-0.4, -0.2) is 54.4 Å². The summed E-state index contributed by atoms with van der Waals surface area (Å²) in [4.78, 5) is 27.8. The van der Waals surface area contributed by atoms with Gasteiger partial charge in [-0.3, -0.25) is 9.59 Å². The van der Waals surface area contributed by atoms with Crippen molar-refractivity contribution in [2.75, 3.05) is 27.2 Å². The lowest BCUT2D eigenvalue weighted by atomic mass is 9.87. The summed E-state index contributed by atoms with van der Waals surface area (Å²) < 4.78 is 18.8. The van der Waals surface area contributed by atoms with Crippen molar-refractivity contribution >= 4 is 11.8 Å². The van der Waals surface area contributed by atoms with Gasteiger partial charge in [0.1, 0.15) is 0 Å². The molecule has 0 aromatic heterocycles. The lowest BCUT2D eigenvalue weighted by Gasteiger charge is -2.34. The highest BCUT2D eigenvalue weighted by molar-refractivity contribution is 5.90. The molecule has 132 valence electrons. The third kappa shape index (κ3) is 3.68. The molecule has 0 spiro atoms. The molecule has 0 saturated carbocycles. The monoisotopic (exact) mass is 336 g/mol. The molecule has 0 N–H and O–H groups in total. The van der Waals surface area contributed by atoms with Gasteiger partial charge in [-0.05, 0) is 32.4 Å². The summed E-state index contributed by atoms with van der Waals surface area (Å²) in [6.07, 6.45) is 0.839. The number of ether oxygens (including phenoxy) is 1. The molecule has 2 rings (SSSR count). The summed E-state index contributed by atoms with van der Waals surface area (Å²) in [5, 5.41) is 0. The van der Waals surface area contributed by atoms with E-state index >= 15 is 0 Å². The number of para-hydroxylation sites is 1. The van der Waals surface area contributed by atoms with Crippen molar-refractivity contribution in [3.05, 3.63) is 30.1 Å². The molecule has 1 fully saturated rings. The van der Waals surface area contributed by atoms with E-state index in [-0.39, 0.29) is 29.9 Å². The minimum atomic E-state index is -0.480. The Bertz CT molecular complexity index is 618. The maximum absolute atomic E-state index is 13.4. The molecular weight excluding hydrogens is 311 g/mol. The molecule has 6 heteroatoms. The first-order valence-electron chi connectivity index (χ1n) is 8.14. The summed E-state index contributed by atoms with van der Waals surface area (Å²) >= 11 is 0. The van der Waals surface area contributed by atoms with Crippen LogP contribution in [0.3, 0.4) is 0 Å². The van der Waals surface area contributed by atoms with Gasteiger partial charge in [-0.1, -0.05) is 12.1 Å². The van der Waals surface area contributed by atoms with Crippen molar-refractivity contribution in [3.8, 4) is 5.75 Å². The number of hydrogen-bond donors (Lipinski definition) is 0. The number of benzene rings is 1. The van der Waals surface area contributed by atoms with E-state index in [4.69, 9.17) is 4.74 Å². The van der Waals surface area contributed by atoms with Gasteiger partial charge in [-0.2, -0.15) is 0 Å². The van der Waals surface area contributed by atoms with Crippen LogP contribution < -0.4 is 4.74 Å². The molecule has 0 radical (unpaired) electrons. The van der Waals surface area contributed by atoms with Crippen molar-refractivity contribution in [2.24, 2.45) is 5.92 Å². The molecule has 1 aliphatic heterocycles. The van der Waals surface area contributed by atoms with Gasteiger partial charge < -0.3 is 14.5 Å². The van der Waals surface area contributed by atoms with Crippen molar-refractivity contribution in [1.82, 2.24) is 9.80 Å². The summed E-state index contributed by atoms with van der Waals surface area (Å²) in [5.41, 5.74) is -0.480. The third-order valence-corrected chi connectivity index (χ3v) is 4.88. The Hall–Kier alpha value is -2.11. The number of hydrogen-bond acceptors (Lipinski definition) is 3. The van der Waals surface area contributed by atoms with Crippen LogP contribution in [0.5, 0.6) is 5.75 Å². The second kappa shape index (κ2) is 7.20. The van der Waals surface area contributed by atoms with Crippen LogP contribution in [0.2, 0.25) is 0 Å². The summed E-state index contributed by atoms with van der Waals surface area (Å²) in [5.74, 6) is -0.558. The quantitative estimate of drug-likeness (QED) is 0.749. The van der Waals surface area contributed by atoms with Crippen LogP contribution in [0.1, 0.15) is 26.7 Å². The van der Waals surface area contributed by atoms with Gasteiger partial charge in [0, 0.05) is 32.6 Å². The Labute approximate surface area is 142 Å². The van der Waals surface area contributed by atoms with E-state index in [0.29, 0.717) is 19.6 Å². The fourth-order valence-corrected chi connectivity index (χ4v) is 2.93. The van der Waals surface area contributed by atoms with Crippen molar-refractivity contribution < 1.29 is 18.7 Å². The molecular formula is C18H25FN2O3. The standard InChI is InChI=1S/C18H25FN2O3/c1-18(2)13(12-16(22)21(18)4)17(23)20(3)10-7-11-24-15-9-6-5-8-14(15)19/h5-6,8-9,13H,7,10-12H2,1-4H3/t13-/m1/s1. The molecule has 1 heterocycles. The number of carbonyl (C=O) groups is 2. The topological polar surface area (TPSA) is 49.9 Å².